The summed E-state index contributed by atoms with van der Waals surface area (Å²) >= 11 is 0. The maximum absolute atomic E-state index is 9.97. The Kier molecular flexibility index (Phi) is 4.77. The van der Waals surface area contributed by atoms with Gasteiger partial charge in [0.1, 0.15) is 5.82 Å². The molecule has 2 atom stereocenters. The number of aliphatic hydroxyl groups excluding tert-OH is 1. The molecule has 0 spiro atoms. The SMILES string of the molecule is Cc1nc(N(C)C)nc(NC[C@@H]2CCNC[C@H]2O)c1C. The second-order valence-electron chi connectivity index (χ2n) is 5.68. The van der Waals surface area contributed by atoms with Gasteiger partial charge in [-0.15, -0.1) is 0 Å². The number of hydrogen-bond acceptors (Lipinski definition) is 6. The lowest BCUT2D eigenvalue weighted by Gasteiger charge is -2.29. The smallest absolute Gasteiger partial charge is 0.227 e. The molecular formula is C14H25N5O. The first-order chi connectivity index (χ1) is 9.49. The molecule has 0 saturated carbocycles. The lowest BCUT2D eigenvalue weighted by atomic mass is 9.95. The van der Waals surface area contributed by atoms with Crippen LogP contribution in [0.3, 0.4) is 0 Å². The summed E-state index contributed by atoms with van der Waals surface area (Å²) in [4.78, 5) is 10.9. The van der Waals surface area contributed by atoms with Gasteiger partial charge in [-0.3, -0.25) is 0 Å². The molecule has 3 N–H and O–H groups in total. The average molecular weight is 279 g/mol. The van der Waals surface area contributed by atoms with Crippen LogP contribution >= 0.6 is 0 Å². The van der Waals surface area contributed by atoms with E-state index in [1.807, 2.05) is 32.8 Å². The molecule has 0 amide bonds. The van der Waals surface area contributed by atoms with E-state index in [9.17, 15) is 5.11 Å². The van der Waals surface area contributed by atoms with E-state index in [2.05, 4.69) is 20.6 Å². The van der Waals surface area contributed by atoms with E-state index >= 15 is 0 Å². The average Bonchev–Trinajstić information content (AvgIpc) is 2.41. The highest BCUT2D eigenvalue weighted by Crippen LogP contribution is 2.20. The molecule has 0 radical (unpaired) electrons. The Morgan fingerprint density at radius 2 is 2.10 bits per heavy atom. The Labute approximate surface area is 120 Å². The van der Waals surface area contributed by atoms with Crippen LogP contribution in [0.2, 0.25) is 0 Å². The number of rotatable bonds is 4. The van der Waals surface area contributed by atoms with Crippen molar-refractivity contribution in [2.75, 3.05) is 43.9 Å². The third-order valence-corrected chi connectivity index (χ3v) is 3.90. The van der Waals surface area contributed by atoms with Crippen LogP contribution in [0.5, 0.6) is 0 Å². The van der Waals surface area contributed by atoms with Gasteiger partial charge in [-0.05, 0) is 26.8 Å². The van der Waals surface area contributed by atoms with Gasteiger partial charge in [0.25, 0.3) is 0 Å². The van der Waals surface area contributed by atoms with Gasteiger partial charge in [0, 0.05) is 44.4 Å². The highest BCUT2D eigenvalue weighted by atomic mass is 16.3. The van der Waals surface area contributed by atoms with E-state index in [-0.39, 0.29) is 12.0 Å². The van der Waals surface area contributed by atoms with Gasteiger partial charge in [0.2, 0.25) is 5.95 Å². The number of aryl methyl sites for hydroxylation is 1. The maximum atomic E-state index is 9.97. The Balaban J connectivity index is 2.08. The van der Waals surface area contributed by atoms with E-state index in [4.69, 9.17) is 0 Å². The van der Waals surface area contributed by atoms with Gasteiger partial charge < -0.3 is 20.6 Å². The van der Waals surface area contributed by atoms with Gasteiger partial charge in [0.05, 0.1) is 6.10 Å². The Bertz CT molecular complexity index is 463. The minimum absolute atomic E-state index is 0.272. The van der Waals surface area contributed by atoms with Crippen molar-refractivity contribution in [1.82, 2.24) is 15.3 Å². The van der Waals surface area contributed by atoms with Crippen molar-refractivity contribution in [3.05, 3.63) is 11.3 Å². The molecular weight excluding hydrogens is 254 g/mol. The zero-order valence-electron chi connectivity index (χ0n) is 12.8. The van der Waals surface area contributed by atoms with Gasteiger partial charge in [0.15, 0.2) is 0 Å². The lowest BCUT2D eigenvalue weighted by molar-refractivity contribution is 0.0883. The molecule has 6 nitrogen and oxygen atoms in total. The summed E-state index contributed by atoms with van der Waals surface area (Å²) in [7, 11) is 3.87. The Morgan fingerprint density at radius 3 is 2.75 bits per heavy atom. The van der Waals surface area contributed by atoms with Crippen LogP contribution < -0.4 is 15.5 Å². The summed E-state index contributed by atoms with van der Waals surface area (Å²) in [5, 5.41) is 16.6. The molecule has 1 aliphatic rings. The molecule has 6 heteroatoms. The molecule has 1 saturated heterocycles. The molecule has 1 fully saturated rings. The number of nitrogens with zero attached hydrogens (tertiary/aromatic N) is 3. The number of aromatic nitrogens is 2. The first-order valence-corrected chi connectivity index (χ1v) is 7.14. The van der Waals surface area contributed by atoms with Crippen molar-refractivity contribution in [3.8, 4) is 0 Å². The molecule has 112 valence electrons. The number of anilines is 2. The molecule has 0 aromatic carbocycles. The predicted molar refractivity (Wildman–Crippen MR) is 81.3 cm³/mol. The topological polar surface area (TPSA) is 73.3 Å². The minimum Gasteiger partial charge on any atom is -0.391 e. The fourth-order valence-corrected chi connectivity index (χ4v) is 2.35. The molecule has 2 heterocycles. The fraction of sp³-hybridized carbons (Fsp3) is 0.714. The van der Waals surface area contributed by atoms with Crippen molar-refractivity contribution in [1.29, 1.82) is 0 Å². The van der Waals surface area contributed by atoms with Crippen LogP contribution in [0.15, 0.2) is 0 Å². The van der Waals surface area contributed by atoms with Crippen molar-refractivity contribution in [3.63, 3.8) is 0 Å². The summed E-state index contributed by atoms with van der Waals surface area (Å²) in [5.41, 5.74) is 2.05. The van der Waals surface area contributed by atoms with Crippen molar-refractivity contribution in [2.45, 2.75) is 26.4 Å². The number of piperidine rings is 1. The number of aliphatic hydroxyl groups is 1. The van der Waals surface area contributed by atoms with Gasteiger partial charge in [-0.1, -0.05) is 0 Å². The van der Waals surface area contributed by atoms with Crippen LogP contribution in [0.1, 0.15) is 17.7 Å². The number of hydrogen-bond donors (Lipinski definition) is 3. The number of β-amino-alcohol motifs (C(OH)–C–C–N with tert-alkyl or cyclic N) is 1. The monoisotopic (exact) mass is 279 g/mol. The second-order valence-corrected chi connectivity index (χ2v) is 5.68. The molecule has 2 rings (SSSR count). The molecule has 1 aromatic heterocycles. The molecule has 20 heavy (non-hydrogen) atoms. The minimum atomic E-state index is -0.284. The number of nitrogens with one attached hydrogen (secondary N) is 2. The van der Waals surface area contributed by atoms with Crippen LogP contribution in [0, 0.1) is 19.8 Å². The molecule has 0 unspecified atom stereocenters. The van der Waals surface area contributed by atoms with Crippen LogP contribution in [-0.2, 0) is 0 Å². The fourth-order valence-electron chi connectivity index (χ4n) is 2.35. The van der Waals surface area contributed by atoms with Crippen molar-refractivity contribution < 1.29 is 5.11 Å². The van der Waals surface area contributed by atoms with E-state index in [0.717, 1.165) is 36.6 Å². The zero-order valence-corrected chi connectivity index (χ0v) is 12.8. The molecule has 0 aliphatic carbocycles. The normalized spacial score (nSPS) is 22.6. The quantitative estimate of drug-likeness (QED) is 0.747. The van der Waals surface area contributed by atoms with E-state index in [1.54, 1.807) is 0 Å². The Hall–Kier alpha value is -1.40. The molecule has 0 bridgehead atoms. The summed E-state index contributed by atoms with van der Waals surface area (Å²) in [6.45, 7) is 6.41. The highest BCUT2D eigenvalue weighted by Gasteiger charge is 2.23. The predicted octanol–water partition coefficient (Wildman–Crippen LogP) is 0.542. The third-order valence-electron chi connectivity index (χ3n) is 3.90. The first-order valence-electron chi connectivity index (χ1n) is 7.14. The van der Waals surface area contributed by atoms with E-state index in [1.165, 1.54) is 0 Å². The second kappa shape index (κ2) is 6.37. The zero-order chi connectivity index (χ0) is 14.7. The summed E-state index contributed by atoms with van der Waals surface area (Å²) in [6, 6.07) is 0. The molecule has 1 aliphatic heterocycles. The van der Waals surface area contributed by atoms with Crippen LogP contribution in [0.4, 0.5) is 11.8 Å². The van der Waals surface area contributed by atoms with Gasteiger partial charge in [-0.2, -0.15) is 4.98 Å². The van der Waals surface area contributed by atoms with Gasteiger partial charge in [-0.25, -0.2) is 4.98 Å². The van der Waals surface area contributed by atoms with Crippen LogP contribution in [0.25, 0.3) is 0 Å². The summed E-state index contributed by atoms with van der Waals surface area (Å²) in [5.74, 6) is 1.85. The third kappa shape index (κ3) is 3.37. The van der Waals surface area contributed by atoms with Crippen molar-refractivity contribution >= 4 is 11.8 Å². The van der Waals surface area contributed by atoms with E-state index in [0.29, 0.717) is 12.5 Å². The summed E-state index contributed by atoms with van der Waals surface area (Å²) in [6.07, 6.45) is 0.700. The standard InChI is InChI=1S/C14H25N5O/c1-9-10(2)17-14(19(3)4)18-13(9)16-7-11-5-6-15-8-12(11)20/h11-12,15,20H,5-8H2,1-4H3,(H,16,17,18)/t11-,12+/m0/s1. The summed E-state index contributed by atoms with van der Waals surface area (Å²) < 4.78 is 0. The highest BCUT2D eigenvalue weighted by molar-refractivity contribution is 5.50. The maximum Gasteiger partial charge on any atom is 0.227 e. The lowest BCUT2D eigenvalue weighted by Crippen LogP contribution is -2.43. The van der Waals surface area contributed by atoms with Crippen LogP contribution in [-0.4, -0.2) is 54.9 Å². The first kappa shape index (κ1) is 15.0. The van der Waals surface area contributed by atoms with Gasteiger partial charge >= 0.3 is 0 Å². The van der Waals surface area contributed by atoms with E-state index < -0.39 is 0 Å². The molecule has 1 aromatic rings. The largest absolute Gasteiger partial charge is 0.391 e. The Morgan fingerprint density at radius 1 is 1.35 bits per heavy atom. The van der Waals surface area contributed by atoms with Crippen molar-refractivity contribution in [2.24, 2.45) is 5.92 Å².